The summed E-state index contributed by atoms with van der Waals surface area (Å²) in [4.78, 5) is 55.9. The summed E-state index contributed by atoms with van der Waals surface area (Å²) in [5, 5.41) is 7.34. The standard InChI is InChI=1S/C30H39N7O3S/c1-18(25-27(39)34-30(36(25)4)10-5-6-11-30)13-20(16-38)33-26-24-22-8-7-19(14-23(22)41-28(24)32-17-31-26)29(40)37-12-9-21(15-37)35(2)3/h13,16-17,19,21H,5-12,14-15H2,1-4H3,(H,34,39)(H,31,32,33)/b20-13+,25-18-/t19-,21?/m0/s1. The van der Waals surface area contributed by atoms with Crippen molar-refractivity contribution in [3.05, 3.63) is 39.8 Å². The molecule has 2 aromatic rings. The molecule has 10 nitrogen and oxygen atoms in total. The summed E-state index contributed by atoms with van der Waals surface area (Å²) in [5.41, 5.74) is 2.51. The van der Waals surface area contributed by atoms with E-state index in [-0.39, 0.29) is 23.4 Å². The molecular formula is C30H39N7O3S. The molecule has 1 saturated carbocycles. The lowest BCUT2D eigenvalue weighted by Crippen LogP contribution is -2.47. The molecule has 4 heterocycles. The number of likely N-dealkylation sites (tertiary alicyclic amines) is 1. The third-order valence-corrected chi connectivity index (χ3v) is 10.7. The van der Waals surface area contributed by atoms with E-state index < -0.39 is 0 Å². The lowest BCUT2D eigenvalue weighted by molar-refractivity contribution is -0.135. The van der Waals surface area contributed by atoms with Crippen molar-refractivity contribution in [1.82, 2.24) is 30.0 Å². The van der Waals surface area contributed by atoms with E-state index in [0.29, 0.717) is 29.7 Å². The van der Waals surface area contributed by atoms with E-state index in [0.717, 1.165) is 80.1 Å². The number of likely N-dealkylation sites (N-methyl/N-ethyl adjacent to an activating group) is 2. The van der Waals surface area contributed by atoms with Crippen molar-refractivity contribution in [1.29, 1.82) is 0 Å². The predicted molar refractivity (Wildman–Crippen MR) is 159 cm³/mol. The zero-order valence-corrected chi connectivity index (χ0v) is 25.1. The van der Waals surface area contributed by atoms with Crippen molar-refractivity contribution >= 4 is 45.5 Å². The number of fused-ring (bicyclic) bond motifs is 3. The van der Waals surface area contributed by atoms with Crippen molar-refractivity contribution in [2.75, 3.05) is 39.5 Å². The molecule has 1 spiro atoms. The second kappa shape index (κ2) is 10.8. The Morgan fingerprint density at radius 1 is 1.24 bits per heavy atom. The smallest absolute Gasteiger partial charge is 0.269 e. The van der Waals surface area contributed by atoms with Crippen molar-refractivity contribution in [2.24, 2.45) is 5.92 Å². The van der Waals surface area contributed by atoms with E-state index in [1.165, 1.54) is 16.8 Å². The number of hydrogen-bond donors (Lipinski definition) is 2. The first-order valence-corrected chi connectivity index (χ1v) is 15.4. The van der Waals surface area contributed by atoms with Gasteiger partial charge in [0.2, 0.25) is 5.91 Å². The fourth-order valence-corrected chi connectivity index (χ4v) is 8.43. The van der Waals surface area contributed by atoms with Crippen LogP contribution in [0.3, 0.4) is 0 Å². The summed E-state index contributed by atoms with van der Waals surface area (Å²) in [5.74, 6) is 0.730. The Kier molecular flexibility index (Phi) is 7.35. The number of carbonyl (C=O) groups is 3. The number of amides is 2. The van der Waals surface area contributed by atoms with Crippen LogP contribution in [-0.2, 0) is 27.2 Å². The minimum absolute atomic E-state index is 0.0155. The highest BCUT2D eigenvalue weighted by Crippen LogP contribution is 2.41. The van der Waals surface area contributed by atoms with E-state index in [1.54, 1.807) is 17.4 Å². The number of aryl methyl sites for hydroxylation is 1. The molecule has 0 bridgehead atoms. The fraction of sp³-hybridized carbons (Fsp3) is 0.567. The number of rotatable bonds is 6. The molecule has 4 aliphatic rings. The van der Waals surface area contributed by atoms with Gasteiger partial charge < -0.3 is 25.3 Å². The molecule has 6 rings (SSSR count). The summed E-state index contributed by atoms with van der Waals surface area (Å²) < 4.78 is 0. The molecule has 2 atom stereocenters. The van der Waals surface area contributed by atoms with E-state index in [1.807, 2.05) is 18.9 Å². The quantitative estimate of drug-likeness (QED) is 0.398. The molecule has 2 aliphatic heterocycles. The molecule has 41 heavy (non-hydrogen) atoms. The highest BCUT2D eigenvalue weighted by atomic mass is 32.1. The number of aldehydes is 1. The first-order chi connectivity index (χ1) is 19.7. The number of nitrogens with one attached hydrogen (secondary N) is 2. The Bertz CT molecular complexity index is 1460. The van der Waals surface area contributed by atoms with Crippen LogP contribution in [0.25, 0.3) is 10.2 Å². The normalized spacial score (nSPS) is 25.3. The van der Waals surface area contributed by atoms with Gasteiger partial charge in [-0.1, -0.05) is 0 Å². The molecule has 11 heteroatoms. The fourth-order valence-electron chi connectivity index (χ4n) is 7.16. The van der Waals surface area contributed by atoms with Gasteiger partial charge in [0.25, 0.3) is 5.91 Å². The van der Waals surface area contributed by atoms with Crippen molar-refractivity contribution in [3.63, 3.8) is 0 Å². The first kappa shape index (κ1) is 27.8. The van der Waals surface area contributed by atoms with E-state index in [4.69, 9.17) is 0 Å². The molecule has 218 valence electrons. The number of carbonyl (C=O) groups excluding carboxylic acids is 3. The van der Waals surface area contributed by atoms with Crippen LogP contribution in [0.4, 0.5) is 5.82 Å². The van der Waals surface area contributed by atoms with Crippen LogP contribution >= 0.6 is 11.3 Å². The number of aromatic nitrogens is 2. The average molecular weight is 578 g/mol. The summed E-state index contributed by atoms with van der Waals surface area (Å²) in [6.45, 7) is 3.49. The molecule has 2 aromatic heterocycles. The number of nitrogens with zero attached hydrogens (tertiary/aromatic N) is 5. The third-order valence-electron chi connectivity index (χ3n) is 9.50. The van der Waals surface area contributed by atoms with Gasteiger partial charge in [-0.3, -0.25) is 14.4 Å². The molecule has 2 aliphatic carbocycles. The maximum absolute atomic E-state index is 13.4. The lowest BCUT2D eigenvalue weighted by atomic mass is 9.87. The summed E-state index contributed by atoms with van der Waals surface area (Å²) in [7, 11) is 6.11. The van der Waals surface area contributed by atoms with E-state index >= 15 is 0 Å². The lowest BCUT2D eigenvalue weighted by Gasteiger charge is -2.32. The van der Waals surface area contributed by atoms with Gasteiger partial charge in [-0.2, -0.15) is 0 Å². The van der Waals surface area contributed by atoms with Gasteiger partial charge in [-0.25, -0.2) is 9.97 Å². The Morgan fingerprint density at radius 2 is 2.02 bits per heavy atom. The molecule has 1 unspecified atom stereocenters. The van der Waals surface area contributed by atoms with Gasteiger partial charge >= 0.3 is 0 Å². The highest BCUT2D eigenvalue weighted by molar-refractivity contribution is 7.19. The molecule has 2 saturated heterocycles. The number of thiophene rings is 1. The SMILES string of the molecule is CC(/C=C(\C=O)Nc1ncnc2sc3c(c12)CC[C@H](C(=O)N1CCC(N(C)C)C1)C3)=C1\C(=O)NC2(CCCC2)N1C. The molecular weight excluding hydrogens is 538 g/mol. The zero-order valence-electron chi connectivity index (χ0n) is 24.3. The van der Waals surface area contributed by atoms with Crippen molar-refractivity contribution < 1.29 is 14.4 Å². The first-order valence-electron chi connectivity index (χ1n) is 14.6. The van der Waals surface area contributed by atoms with Gasteiger partial charge in [0.1, 0.15) is 28.3 Å². The van der Waals surface area contributed by atoms with Crippen molar-refractivity contribution in [3.8, 4) is 0 Å². The predicted octanol–water partition coefficient (Wildman–Crippen LogP) is 3.06. The van der Waals surface area contributed by atoms with Crippen LogP contribution in [0, 0.1) is 5.92 Å². The van der Waals surface area contributed by atoms with Gasteiger partial charge in [0.15, 0.2) is 6.29 Å². The topological polar surface area (TPSA) is 111 Å². The molecule has 3 fully saturated rings. The van der Waals surface area contributed by atoms with Crippen molar-refractivity contribution in [2.45, 2.75) is 70.0 Å². The zero-order chi connectivity index (χ0) is 28.9. The summed E-state index contributed by atoms with van der Waals surface area (Å²) in [6, 6.07) is 0.429. The Balaban J connectivity index is 1.23. The second-order valence-corrected chi connectivity index (χ2v) is 13.2. The van der Waals surface area contributed by atoms with Crippen LogP contribution in [0.5, 0.6) is 0 Å². The summed E-state index contributed by atoms with van der Waals surface area (Å²) in [6.07, 6.45) is 11.3. The number of anilines is 1. The van der Waals surface area contributed by atoms with Gasteiger partial charge in [-0.05, 0) is 89.6 Å². The van der Waals surface area contributed by atoms with Gasteiger partial charge in [-0.15, -0.1) is 11.3 Å². The van der Waals surface area contributed by atoms with Crippen LogP contribution < -0.4 is 10.6 Å². The van der Waals surface area contributed by atoms with Crippen LogP contribution in [0.1, 0.15) is 55.9 Å². The maximum Gasteiger partial charge on any atom is 0.269 e. The monoisotopic (exact) mass is 577 g/mol. The minimum atomic E-state index is -0.313. The minimum Gasteiger partial charge on any atom is -0.347 e. The highest BCUT2D eigenvalue weighted by Gasteiger charge is 2.47. The second-order valence-electron chi connectivity index (χ2n) is 12.2. The number of hydrogen-bond acceptors (Lipinski definition) is 9. The molecule has 2 N–H and O–H groups in total. The largest absolute Gasteiger partial charge is 0.347 e. The Morgan fingerprint density at radius 3 is 2.73 bits per heavy atom. The molecule has 2 amide bonds. The van der Waals surface area contributed by atoms with E-state index in [9.17, 15) is 14.4 Å². The Labute approximate surface area is 244 Å². The van der Waals surface area contributed by atoms with E-state index in [2.05, 4.69) is 44.5 Å². The van der Waals surface area contributed by atoms with Gasteiger partial charge in [0.05, 0.1) is 11.1 Å². The molecule has 0 radical (unpaired) electrons. The maximum atomic E-state index is 13.4. The van der Waals surface area contributed by atoms with Crippen LogP contribution in [0.15, 0.2) is 29.4 Å². The van der Waals surface area contributed by atoms with Gasteiger partial charge in [0, 0.05) is 37.0 Å². The number of allylic oxidation sites excluding steroid dienone is 3. The van der Waals surface area contributed by atoms with Crippen LogP contribution in [0.2, 0.25) is 0 Å². The summed E-state index contributed by atoms with van der Waals surface area (Å²) >= 11 is 1.62. The van der Waals surface area contributed by atoms with Crippen LogP contribution in [-0.4, -0.2) is 88.7 Å². The average Bonchev–Trinajstić information content (AvgIpc) is 3.74. The Hall–Kier alpha value is -3.31. The molecule has 0 aromatic carbocycles. The third kappa shape index (κ3) is 4.92.